The van der Waals surface area contributed by atoms with E-state index >= 15 is 0 Å². The molecule has 3 aromatic rings. The van der Waals surface area contributed by atoms with Gasteiger partial charge in [0, 0.05) is 35.7 Å². The van der Waals surface area contributed by atoms with Crippen molar-refractivity contribution < 1.29 is 28.3 Å². The number of methoxy groups -OCH3 is 1. The normalized spacial score (nSPS) is 13.1. The van der Waals surface area contributed by atoms with Crippen molar-refractivity contribution in [1.29, 1.82) is 0 Å². The lowest BCUT2D eigenvalue weighted by Crippen LogP contribution is -2.20. The van der Waals surface area contributed by atoms with E-state index in [0.717, 1.165) is 10.9 Å². The highest BCUT2D eigenvalue weighted by atomic mass is 16.5. The second kappa shape index (κ2) is 7.89. The number of amides is 1. The standard InChI is InChI=1S/C22H19NO6/c1-27-11-16-15-4-2-3-5-19(15)29-21(16)22(26)28-12-18(24)14-6-8-17-13(10-14)7-9-20(25)23-17/h2-6,8,10H,7,9,11-12H2,1H3,(H,23,25). The van der Waals surface area contributed by atoms with Gasteiger partial charge in [0.2, 0.25) is 11.7 Å². The van der Waals surface area contributed by atoms with Crippen molar-refractivity contribution in [2.75, 3.05) is 19.0 Å². The molecule has 0 spiro atoms. The largest absolute Gasteiger partial charge is 0.451 e. The first-order chi connectivity index (χ1) is 14.1. The first kappa shape index (κ1) is 18.9. The molecule has 148 valence electrons. The number of ketones is 1. The van der Waals surface area contributed by atoms with Crippen LogP contribution in [0.4, 0.5) is 5.69 Å². The second-order valence-electron chi connectivity index (χ2n) is 6.76. The minimum absolute atomic E-state index is 0.0361. The number of nitrogens with one attached hydrogen (secondary N) is 1. The summed E-state index contributed by atoms with van der Waals surface area (Å²) in [5.41, 5.74) is 3.16. The van der Waals surface area contributed by atoms with Gasteiger partial charge < -0.3 is 19.2 Å². The van der Waals surface area contributed by atoms with Crippen molar-refractivity contribution in [2.45, 2.75) is 19.4 Å². The molecule has 1 aliphatic heterocycles. The predicted molar refractivity (Wildman–Crippen MR) is 105 cm³/mol. The number of anilines is 1. The van der Waals surface area contributed by atoms with Crippen molar-refractivity contribution >= 4 is 34.3 Å². The molecule has 0 aliphatic carbocycles. The van der Waals surface area contributed by atoms with Crippen LogP contribution in [-0.2, 0) is 27.3 Å². The van der Waals surface area contributed by atoms with Gasteiger partial charge in [0.25, 0.3) is 0 Å². The van der Waals surface area contributed by atoms with Gasteiger partial charge in [-0.2, -0.15) is 0 Å². The van der Waals surface area contributed by atoms with Gasteiger partial charge in [0.1, 0.15) is 5.58 Å². The molecule has 0 saturated heterocycles. The van der Waals surface area contributed by atoms with E-state index in [4.69, 9.17) is 13.9 Å². The number of carbonyl (C=O) groups is 3. The zero-order valence-electron chi connectivity index (χ0n) is 15.8. The number of ether oxygens (including phenoxy) is 2. The van der Waals surface area contributed by atoms with Gasteiger partial charge in [0.15, 0.2) is 12.4 Å². The number of para-hydroxylation sites is 1. The van der Waals surface area contributed by atoms with Gasteiger partial charge in [-0.15, -0.1) is 0 Å². The summed E-state index contributed by atoms with van der Waals surface area (Å²) in [4.78, 5) is 36.5. The average Bonchev–Trinajstić information content (AvgIpc) is 3.10. The fourth-order valence-electron chi connectivity index (χ4n) is 3.39. The van der Waals surface area contributed by atoms with Crippen LogP contribution in [0.1, 0.15) is 38.5 Å². The molecular weight excluding hydrogens is 374 g/mol. The number of hydrogen-bond donors (Lipinski definition) is 1. The summed E-state index contributed by atoms with van der Waals surface area (Å²) < 4.78 is 16.0. The van der Waals surface area contributed by atoms with Crippen LogP contribution in [0.15, 0.2) is 46.9 Å². The lowest BCUT2D eigenvalue weighted by atomic mass is 9.99. The molecule has 1 N–H and O–H groups in total. The van der Waals surface area contributed by atoms with E-state index in [0.29, 0.717) is 35.2 Å². The number of rotatable bonds is 6. The molecule has 1 aliphatic rings. The molecule has 2 aromatic carbocycles. The Labute approximate surface area is 166 Å². The van der Waals surface area contributed by atoms with Crippen molar-refractivity contribution in [2.24, 2.45) is 0 Å². The minimum Gasteiger partial charge on any atom is -0.451 e. The fourth-order valence-corrected chi connectivity index (χ4v) is 3.39. The number of aryl methyl sites for hydroxylation is 1. The van der Waals surface area contributed by atoms with Crippen molar-refractivity contribution in [1.82, 2.24) is 0 Å². The first-order valence-corrected chi connectivity index (χ1v) is 9.19. The van der Waals surface area contributed by atoms with Crippen LogP contribution in [0.3, 0.4) is 0 Å². The van der Waals surface area contributed by atoms with E-state index in [1.165, 1.54) is 7.11 Å². The van der Waals surface area contributed by atoms with Crippen molar-refractivity contribution in [3.63, 3.8) is 0 Å². The van der Waals surface area contributed by atoms with E-state index in [1.54, 1.807) is 30.3 Å². The first-order valence-electron chi connectivity index (χ1n) is 9.19. The highest BCUT2D eigenvalue weighted by molar-refractivity contribution is 6.02. The molecule has 1 amide bonds. The predicted octanol–water partition coefficient (Wildman–Crippen LogP) is 3.50. The summed E-state index contributed by atoms with van der Waals surface area (Å²) in [7, 11) is 1.53. The van der Waals surface area contributed by atoms with Gasteiger partial charge >= 0.3 is 5.97 Å². The summed E-state index contributed by atoms with van der Waals surface area (Å²) in [6.45, 7) is -0.223. The quantitative estimate of drug-likeness (QED) is 0.509. The maximum atomic E-state index is 12.5. The molecule has 0 radical (unpaired) electrons. The number of carbonyl (C=O) groups excluding carboxylic acids is 3. The third-order valence-electron chi connectivity index (χ3n) is 4.83. The molecular formula is C22H19NO6. The number of hydrogen-bond acceptors (Lipinski definition) is 6. The Morgan fingerprint density at radius 3 is 2.79 bits per heavy atom. The summed E-state index contributed by atoms with van der Waals surface area (Å²) in [6, 6.07) is 12.3. The molecule has 1 aromatic heterocycles. The Morgan fingerprint density at radius 1 is 1.14 bits per heavy atom. The zero-order valence-corrected chi connectivity index (χ0v) is 15.8. The number of fused-ring (bicyclic) bond motifs is 2. The van der Waals surface area contributed by atoms with Gasteiger partial charge in [-0.1, -0.05) is 18.2 Å². The lowest BCUT2D eigenvalue weighted by molar-refractivity contribution is -0.116. The maximum Gasteiger partial charge on any atom is 0.375 e. The highest BCUT2D eigenvalue weighted by Crippen LogP contribution is 2.27. The molecule has 0 atom stereocenters. The number of Topliss-reactive ketones (excluding diaryl/α,β-unsaturated/α-hetero) is 1. The Morgan fingerprint density at radius 2 is 1.97 bits per heavy atom. The van der Waals surface area contributed by atoms with E-state index in [2.05, 4.69) is 5.32 Å². The molecule has 0 saturated carbocycles. The van der Waals surface area contributed by atoms with Crippen molar-refractivity contribution in [3.8, 4) is 0 Å². The van der Waals surface area contributed by atoms with E-state index < -0.39 is 12.6 Å². The molecule has 0 unspecified atom stereocenters. The van der Waals surface area contributed by atoms with Crippen LogP contribution in [0.25, 0.3) is 11.0 Å². The third-order valence-corrected chi connectivity index (χ3v) is 4.83. The van der Waals surface area contributed by atoms with Gasteiger partial charge in [0.05, 0.1) is 6.61 Å². The van der Waals surface area contributed by atoms with E-state index in [-0.39, 0.29) is 24.1 Å². The minimum atomic E-state index is -0.716. The smallest absolute Gasteiger partial charge is 0.375 e. The lowest BCUT2D eigenvalue weighted by Gasteiger charge is -2.17. The van der Waals surface area contributed by atoms with Crippen LogP contribution in [0.5, 0.6) is 0 Å². The van der Waals surface area contributed by atoms with Gasteiger partial charge in [-0.05, 0) is 36.2 Å². The molecule has 4 rings (SSSR count). The molecule has 7 heteroatoms. The molecule has 29 heavy (non-hydrogen) atoms. The van der Waals surface area contributed by atoms with E-state index in [9.17, 15) is 14.4 Å². The number of benzene rings is 2. The molecule has 0 fully saturated rings. The number of esters is 1. The topological polar surface area (TPSA) is 94.8 Å². The zero-order chi connectivity index (χ0) is 20.4. The van der Waals surface area contributed by atoms with Crippen LogP contribution in [0.2, 0.25) is 0 Å². The van der Waals surface area contributed by atoms with Gasteiger partial charge in [-0.3, -0.25) is 9.59 Å². The van der Waals surface area contributed by atoms with Crippen molar-refractivity contribution in [3.05, 3.63) is 64.9 Å². The third kappa shape index (κ3) is 3.77. The SMILES string of the molecule is COCc1c(C(=O)OCC(=O)c2ccc3c(c2)CCC(=O)N3)oc2ccccc12. The van der Waals surface area contributed by atoms with Crippen LogP contribution in [-0.4, -0.2) is 31.4 Å². The van der Waals surface area contributed by atoms with Crippen LogP contribution < -0.4 is 5.32 Å². The molecule has 7 nitrogen and oxygen atoms in total. The molecule has 0 bridgehead atoms. The summed E-state index contributed by atoms with van der Waals surface area (Å²) in [6.07, 6.45) is 0.954. The Hall–Kier alpha value is -3.45. The Balaban J connectivity index is 1.49. The Kier molecular flexibility index (Phi) is 5.14. The summed E-state index contributed by atoms with van der Waals surface area (Å²) in [5, 5.41) is 3.54. The summed E-state index contributed by atoms with van der Waals surface area (Å²) >= 11 is 0. The molecule has 2 heterocycles. The maximum absolute atomic E-state index is 12.5. The highest BCUT2D eigenvalue weighted by Gasteiger charge is 2.23. The second-order valence-corrected chi connectivity index (χ2v) is 6.76. The number of furan rings is 1. The van der Waals surface area contributed by atoms with E-state index in [1.807, 2.05) is 12.1 Å². The Bertz CT molecular complexity index is 1110. The monoisotopic (exact) mass is 393 g/mol. The summed E-state index contributed by atoms with van der Waals surface area (Å²) in [5.74, 6) is -1.05. The van der Waals surface area contributed by atoms with Crippen LogP contribution in [0, 0.1) is 0 Å². The average molecular weight is 393 g/mol. The van der Waals surface area contributed by atoms with Gasteiger partial charge in [-0.25, -0.2) is 4.79 Å². The van der Waals surface area contributed by atoms with Crippen LogP contribution >= 0.6 is 0 Å². The fraction of sp³-hybridized carbons (Fsp3) is 0.227.